The predicted octanol–water partition coefficient (Wildman–Crippen LogP) is 5.13. The molecule has 4 nitrogen and oxygen atoms in total. The molecule has 1 aliphatic heterocycles. The molecule has 2 aromatic carbocycles. The van der Waals surface area contributed by atoms with Crippen LogP contribution >= 0.6 is 11.8 Å². The van der Waals surface area contributed by atoms with Crippen LogP contribution in [0.15, 0.2) is 53.4 Å². The molecule has 0 bridgehead atoms. The molecule has 2 aromatic rings. The number of hydrogen-bond donors (Lipinski definition) is 1. The minimum atomic E-state index is -4.47. The zero-order valence-electron chi connectivity index (χ0n) is 17.4. The van der Waals surface area contributed by atoms with Gasteiger partial charge in [0.25, 0.3) is 0 Å². The fourth-order valence-electron chi connectivity index (χ4n) is 3.66. The standard InChI is InChI=1S/C22H27F3N2O2S2/c1-30-21-7-5-18(6-8-21)19-4-2-3-17(15-19)16-27-12-9-20(10-13-27)26-31(28,29)14-11-22(23,24)25/h2-8,15,20H,9-14,16H2,1H3,(H-,26,28,29). The van der Waals surface area contributed by atoms with Crippen molar-refractivity contribution in [2.24, 2.45) is 0 Å². The lowest BCUT2D eigenvalue weighted by molar-refractivity contribution is -0.130. The van der Waals surface area contributed by atoms with E-state index in [2.05, 4.69) is 52.1 Å². The van der Waals surface area contributed by atoms with Crippen LogP contribution in [0.1, 0.15) is 24.8 Å². The van der Waals surface area contributed by atoms with Crippen LogP contribution < -0.4 is 4.72 Å². The Kier molecular flexibility index (Phi) is 8.20. The highest BCUT2D eigenvalue weighted by atomic mass is 32.3. The fourth-order valence-corrected chi connectivity index (χ4v) is 5.43. The molecule has 1 atom stereocenters. The van der Waals surface area contributed by atoms with Crippen LogP contribution in [0.2, 0.25) is 0 Å². The van der Waals surface area contributed by atoms with Crippen LogP contribution in [0.5, 0.6) is 0 Å². The molecule has 3 rings (SSSR count). The van der Waals surface area contributed by atoms with Crippen LogP contribution in [0, 0.1) is 0 Å². The van der Waals surface area contributed by atoms with Crippen LogP contribution in [-0.4, -0.2) is 46.8 Å². The first-order valence-electron chi connectivity index (χ1n) is 10.2. The zero-order chi connectivity index (χ0) is 22.5. The van der Waals surface area contributed by atoms with Gasteiger partial charge in [-0.05, 0) is 54.0 Å². The van der Waals surface area contributed by atoms with Crippen LogP contribution in [0.3, 0.4) is 0 Å². The highest BCUT2D eigenvalue weighted by molar-refractivity contribution is 7.98. The smallest absolute Gasteiger partial charge is 0.393 e. The maximum atomic E-state index is 12.3. The monoisotopic (exact) mass is 472 g/mol. The van der Waals surface area contributed by atoms with E-state index in [1.807, 2.05) is 12.3 Å². The van der Waals surface area contributed by atoms with Crippen molar-refractivity contribution in [2.45, 2.75) is 42.9 Å². The van der Waals surface area contributed by atoms with Crippen molar-refractivity contribution in [1.82, 2.24) is 9.62 Å². The summed E-state index contributed by atoms with van der Waals surface area (Å²) in [6.07, 6.45) is -2.57. The Morgan fingerprint density at radius 2 is 1.81 bits per heavy atom. The van der Waals surface area contributed by atoms with Gasteiger partial charge in [-0.2, -0.15) is 13.2 Å². The third kappa shape index (κ3) is 7.91. The van der Waals surface area contributed by atoms with Crippen molar-refractivity contribution in [1.29, 1.82) is 0 Å². The van der Waals surface area contributed by atoms with E-state index in [1.165, 1.54) is 10.5 Å². The second kappa shape index (κ2) is 10.5. The van der Waals surface area contributed by atoms with Gasteiger partial charge in [-0.25, -0.2) is 0 Å². The molecule has 1 N–H and O–H groups in total. The van der Waals surface area contributed by atoms with Gasteiger partial charge in [0.15, 0.2) is 0 Å². The van der Waals surface area contributed by atoms with Crippen molar-refractivity contribution in [3.8, 4) is 11.1 Å². The van der Waals surface area contributed by atoms with Crippen LogP contribution in [0.25, 0.3) is 11.1 Å². The predicted molar refractivity (Wildman–Crippen MR) is 119 cm³/mol. The number of nitrogens with zero attached hydrogens (tertiary/aromatic N) is 1. The Morgan fingerprint density at radius 1 is 1.13 bits per heavy atom. The molecule has 0 aliphatic carbocycles. The van der Waals surface area contributed by atoms with E-state index >= 15 is 0 Å². The van der Waals surface area contributed by atoms with Gasteiger partial charge in [0.2, 0.25) is 0 Å². The summed E-state index contributed by atoms with van der Waals surface area (Å²) in [5.74, 6) is -0.915. The normalized spacial score (nSPS) is 18.1. The molecule has 0 aromatic heterocycles. The molecule has 170 valence electrons. The van der Waals surface area contributed by atoms with E-state index < -0.39 is 28.7 Å². The number of halogens is 3. The summed E-state index contributed by atoms with van der Waals surface area (Å²) in [6.45, 7) is 2.14. The second-order valence-corrected chi connectivity index (χ2v) is 10.5. The quantitative estimate of drug-likeness (QED) is 0.428. The van der Waals surface area contributed by atoms with E-state index in [0.29, 0.717) is 25.9 Å². The molecule has 1 aliphatic rings. The fraction of sp³-hybridized carbons (Fsp3) is 0.455. The molecular formula is C22H27F3N2O2S2. The highest BCUT2D eigenvalue weighted by Gasteiger charge is 2.33. The van der Waals surface area contributed by atoms with Crippen molar-refractivity contribution < 1.29 is 21.9 Å². The average Bonchev–Trinajstić information content (AvgIpc) is 2.73. The minimum absolute atomic E-state index is 0.309. The third-order valence-electron chi connectivity index (χ3n) is 5.34. The maximum Gasteiger partial charge on any atom is 0.393 e. The number of hydrogen-bond acceptors (Lipinski definition) is 4. The van der Waals surface area contributed by atoms with Crippen molar-refractivity contribution in [3.63, 3.8) is 0 Å². The number of piperidine rings is 1. The molecule has 1 saturated heterocycles. The average molecular weight is 473 g/mol. The summed E-state index contributed by atoms with van der Waals surface area (Å²) < 4.78 is 63.1. The van der Waals surface area contributed by atoms with Crippen molar-refractivity contribution in [3.05, 3.63) is 54.1 Å². The van der Waals surface area contributed by atoms with Crippen LogP contribution in [-0.2, 0) is 21.2 Å². The molecule has 0 spiro atoms. The summed E-state index contributed by atoms with van der Waals surface area (Å²) >= 11 is 1.71. The summed E-state index contributed by atoms with van der Waals surface area (Å²) in [5, 5.41) is 0. The van der Waals surface area contributed by atoms with E-state index in [1.54, 1.807) is 11.8 Å². The lowest BCUT2D eigenvalue weighted by atomic mass is 10.0. The first kappa shape index (κ1) is 24.3. The lowest BCUT2D eigenvalue weighted by Gasteiger charge is -2.33. The van der Waals surface area contributed by atoms with Gasteiger partial charge in [0.05, 0.1) is 12.5 Å². The van der Waals surface area contributed by atoms with E-state index in [9.17, 15) is 21.9 Å². The van der Waals surface area contributed by atoms with E-state index in [4.69, 9.17) is 0 Å². The second-order valence-electron chi connectivity index (χ2n) is 7.78. The number of alkyl halides is 3. The highest BCUT2D eigenvalue weighted by Crippen LogP contribution is 2.25. The maximum absolute atomic E-state index is 12.3. The Morgan fingerprint density at radius 3 is 2.42 bits per heavy atom. The Hall–Kier alpha value is -1.39. The molecule has 0 amide bonds. The molecular weight excluding hydrogens is 445 g/mol. The van der Waals surface area contributed by atoms with Gasteiger partial charge in [0, 0.05) is 24.5 Å². The number of thioether (sulfide) groups is 1. The molecule has 1 fully saturated rings. The van der Waals surface area contributed by atoms with E-state index in [0.717, 1.165) is 17.7 Å². The van der Waals surface area contributed by atoms with Crippen molar-refractivity contribution in [2.75, 3.05) is 25.1 Å². The van der Waals surface area contributed by atoms with Gasteiger partial charge in [-0.3, -0.25) is 4.90 Å². The Balaban J connectivity index is 1.51. The number of likely N-dealkylation sites (tertiary alicyclic amines) is 1. The lowest BCUT2D eigenvalue weighted by Crippen LogP contribution is -2.47. The number of sulfonamides is 1. The van der Waals surface area contributed by atoms with Gasteiger partial charge in [-0.15, -0.1) is 16.5 Å². The van der Waals surface area contributed by atoms with Crippen LogP contribution in [0.4, 0.5) is 13.2 Å². The number of nitrogens with one attached hydrogen (secondary N) is 1. The first-order chi connectivity index (χ1) is 14.6. The van der Waals surface area contributed by atoms with Crippen molar-refractivity contribution >= 4 is 22.2 Å². The largest absolute Gasteiger partial charge is 0.598 e. The molecule has 1 heterocycles. The number of rotatable bonds is 8. The zero-order valence-corrected chi connectivity index (χ0v) is 19.0. The Bertz CT molecular complexity index is 898. The van der Waals surface area contributed by atoms with Gasteiger partial charge >= 0.3 is 6.18 Å². The topological polar surface area (TPSA) is 55.4 Å². The van der Waals surface area contributed by atoms with Gasteiger partial charge in [0.1, 0.15) is 16.2 Å². The SMILES string of the molecule is CSc1ccc(-c2cccc(CN3CCC(N[S+](=O)([O-])CCC(F)(F)F)CC3)c2)cc1. The molecule has 0 saturated carbocycles. The molecule has 0 radical (unpaired) electrons. The summed E-state index contributed by atoms with van der Waals surface area (Å²) in [4.78, 5) is 3.47. The summed E-state index contributed by atoms with van der Waals surface area (Å²) in [7, 11) is -3.92. The first-order valence-corrected chi connectivity index (χ1v) is 13.0. The molecule has 9 heteroatoms. The van der Waals surface area contributed by atoms with Gasteiger partial charge < -0.3 is 4.55 Å². The Labute approximate surface area is 187 Å². The molecule has 1 unspecified atom stereocenters. The number of benzene rings is 2. The van der Waals surface area contributed by atoms with E-state index in [-0.39, 0.29) is 6.04 Å². The minimum Gasteiger partial charge on any atom is -0.598 e. The van der Waals surface area contributed by atoms with Gasteiger partial charge in [-0.1, -0.05) is 34.5 Å². The summed E-state index contributed by atoms with van der Waals surface area (Å²) in [6, 6.07) is 16.5. The third-order valence-corrected chi connectivity index (χ3v) is 7.52. The summed E-state index contributed by atoms with van der Waals surface area (Å²) in [5.41, 5.74) is 3.49. The molecule has 31 heavy (non-hydrogen) atoms.